The molecule has 5 nitrogen and oxygen atoms in total. The zero-order chi connectivity index (χ0) is 16.6. The van der Waals surface area contributed by atoms with E-state index in [2.05, 4.69) is 17.0 Å². The summed E-state index contributed by atoms with van der Waals surface area (Å²) in [6.45, 7) is 2.63. The first-order valence-corrected chi connectivity index (χ1v) is 9.55. The summed E-state index contributed by atoms with van der Waals surface area (Å²) in [6.07, 6.45) is 10.1. The summed E-state index contributed by atoms with van der Waals surface area (Å²) in [5, 5.41) is 2.53. The van der Waals surface area contributed by atoms with Gasteiger partial charge in [0.05, 0.1) is 13.7 Å². The Balaban J connectivity index is 3.84. The van der Waals surface area contributed by atoms with Crippen molar-refractivity contribution < 1.29 is 19.1 Å². The van der Waals surface area contributed by atoms with E-state index in [9.17, 15) is 9.59 Å². The predicted octanol–water partition coefficient (Wildman–Crippen LogP) is 3.76. The first-order valence-electron chi connectivity index (χ1n) is 8.15. The third kappa shape index (κ3) is 11.7. The van der Waals surface area contributed by atoms with E-state index < -0.39 is 12.1 Å². The zero-order valence-corrected chi connectivity index (χ0v) is 15.0. The van der Waals surface area contributed by atoms with Crippen LogP contribution >= 0.6 is 11.8 Å². The fourth-order valence-electron chi connectivity index (χ4n) is 2.02. The lowest BCUT2D eigenvalue weighted by Crippen LogP contribution is -2.42. The summed E-state index contributed by atoms with van der Waals surface area (Å²) in [7, 11) is 1.28. The highest BCUT2D eigenvalue weighted by Gasteiger charge is 2.21. The van der Waals surface area contributed by atoms with Crippen molar-refractivity contribution in [1.82, 2.24) is 5.32 Å². The van der Waals surface area contributed by atoms with E-state index in [1.807, 2.05) is 6.26 Å². The van der Waals surface area contributed by atoms with Crippen molar-refractivity contribution in [3.63, 3.8) is 0 Å². The molecule has 6 heteroatoms. The maximum absolute atomic E-state index is 12.0. The molecular formula is C16H31NO4S. The Morgan fingerprint density at radius 2 is 1.73 bits per heavy atom. The highest BCUT2D eigenvalue weighted by molar-refractivity contribution is 7.98. The molecule has 0 aliphatic heterocycles. The lowest BCUT2D eigenvalue weighted by Gasteiger charge is -2.16. The molecule has 0 radical (unpaired) electrons. The Morgan fingerprint density at radius 3 is 2.32 bits per heavy atom. The van der Waals surface area contributed by atoms with Gasteiger partial charge in [-0.15, -0.1) is 0 Å². The van der Waals surface area contributed by atoms with Crippen molar-refractivity contribution in [3.05, 3.63) is 0 Å². The van der Waals surface area contributed by atoms with Crippen LogP contribution in [0.25, 0.3) is 0 Å². The van der Waals surface area contributed by atoms with Gasteiger partial charge in [-0.05, 0) is 24.9 Å². The van der Waals surface area contributed by atoms with Crippen LogP contribution in [0.15, 0.2) is 0 Å². The zero-order valence-electron chi connectivity index (χ0n) is 14.2. The molecule has 0 aromatic rings. The van der Waals surface area contributed by atoms with Gasteiger partial charge in [-0.2, -0.15) is 11.8 Å². The molecule has 0 fully saturated rings. The number of alkyl carbamates (subject to hydrolysis) is 1. The van der Waals surface area contributed by atoms with Gasteiger partial charge >= 0.3 is 12.1 Å². The van der Waals surface area contributed by atoms with Crippen LogP contribution in [0.1, 0.15) is 58.3 Å². The maximum atomic E-state index is 12.0. The van der Waals surface area contributed by atoms with Crippen LogP contribution in [0, 0.1) is 0 Å². The van der Waals surface area contributed by atoms with E-state index in [0.717, 1.165) is 18.6 Å². The van der Waals surface area contributed by atoms with E-state index in [4.69, 9.17) is 4.74 Å². The van der Waals surface area contributed by atoms with Crippen molar-refractivity contribution in [3.8, 4) is 0 Å². The van der Waals surface area contributed by atoms with Crippen molar-refractivity contribution in [2.24, 2.45) is 0 Å². The number of nitrogens with one attached hydrogen (secondary N) is 1. The Kier molecular flexibility index (Phi) is 14.4. The van der Waals surface area contributed by atoms with Gasteiger partial charge in [0.25, 0.3) is 0 Å². The minimum atomic E-state index is -0.621. The third-order valence-electron chi connectivity index (χ3n) is 3.36. The van der Waals surface area contributed by atoms with Crippen molar-refractivity contribution in [2.75, 3.05) is 25.7 Å². The number of hydrogen-bond donors (Lipinski definition) is 1. The molecule has 0 bridgehead atoms. The fraction of sp³-hybridized carbons (Fsp3) is 0.875. The molecule has 0 aromatic heterocycles. The highest BCUT2D eigenvalue weighted by atomic mass is 32.2. The predicted molar refractivity (Wildman–Crippen MR) is 91.3 cm³/mol. The SMILES string of the molecule is CCCCCCCCCOC(=O)[C@H](CCSC)NC(=O)OC. The highest BCUT2D eigenvalue weighted by Crippen LogP contribution is 2.08. The van der Waals surface area contributed by atoms with Crippen molar-refractivity contribution in [2.45, 2.75) is 64.3 Å². The van der Waals surface area contributed by atoms with Crippen LogP contribution in [0.5, 0.6) is 0 Å². The summed E-state index contributed by atoms with van der Waals surface area (Å²) >= 11 is 1.62. The van der Waals surface area contributed by atoms with E-state index in [1.54, 1.807) is 11.8 Å². The molecular weight excluding hydrogens is 302 g/mol. The molecule has 130 valence electrons. The molecule has 0 aliphatic rings. The van der Waals surface area contributed by atoms with Gasteiger partial charge in [0.1, 0.15) is 6.04 Å². The molecule has 1 amide bonds. The van der Waals surface area contributed by atoms with E-state index in [1.165, 1.54) is 39.2 Å². The number of amides is 1. The Hall–Kier alpha value is -0.910. The monoisotopic (exact) mass is 333 g/mol. The second-order valence-corrected chi connectivity index (χ2v) is 6.24. The molecule has 0 saturated carbocycles. The number of hydrogen-bond acceptors (Lipinski definition) is 5. The Labute approximate surface area is 138 Å². The molecule has 1 atom stereocenters. The van der Waals surface area contributed by atoms with Gasteiger partial charge < -0.3 is 14.8 Å². The summed E-state index contributed by atoms with van der Waals surface area (Å²) in [6, 6.07) is -0.621. The first kappa shape index (κ1) is 21.1. The molecule has 0 unspecified atom stereocenters. The van der Waals surface area contributed by atoms with Crippen LogP contribution in [0.2, 0.25) is 0 Å². The number of ether oxygens (including phenoxy) is 2. The molecule has 22 heavy (non-hydrogen) atoms. The Morgan fingerprint density at radius 1 is 1.09 bits per heavy atom. The summed E-state index contributed by atoms with van der Waals surface area (Å²) in [5.41, 5.74) is 0. The van der Waals surface area contributed by atoms with Crippen LogP contribution in [0.3, 0.4) is 0 Å². The molecule has 1 N–H and O–H groups in total. The topological polar surface area (TPSA) is 64.6 Å². The van der Waals surface area contributed by atoms with Crippen molar-refractivity contribution >= 4 is 23.8 Å². The summed E-state index contributed by atoms with van der Waals surface area (Å²) in [5.74, 6) is 0.409. The lowest BCUT2D eigenvalue weighted by atomic mass is 10.1. The smallest absolute Gasteiger partial charge is 0.407 e. The van der Waals surface area contributed by atoms with Gasteiger partial charge in [0, 0.05) is 0 Å². The Bertz CT molecular complexity index is 300. The van der Waals surface area contributed by atoms with Gasteiger partial charge in [-0.1, -0.05) is 45.4 Å². The van der Waals surface area contributed by atoms with Gasteiger partial charge in [0.2, 0.25) is 0 Å². The quantitative estimate of drug-likeness (QED) is 0.411. The number of thioether (sulfide) groups is 1. The average molecular weight is 333 g/mol. The van der Waals surface area contributed by atoms with Crippen LogP contribution in [-0.2, 0) is 14.3 Å². The summed E-state index contributed by atoms with van der Waals surface area (Å²) in [4.78, 5) is 23.2. The number of carbonyl (C=O) groups excluding carboxylic acids is 2. The molecule has 0 aliphatic carbocycles. The van der Waals surface area contributed by atoms with Crippen LogP contribution in [0.4, 0.5) is 4.79 Å². The largest absolute Gasteiger partial charge is 0.464 e. The lowest BCUT2D eigenvalue weighted by molar-refractivity contribution is -0.146. The molecule has 0 spiro atoms. The van der Waals surface area contributed by atoms with E-state index in [0.29, 0.717) is 13.0 Å². The molecule has 0 heterocycles. The minimum Gasteiger partial charge on any atom is -0.464 e. The van der Waals surface area contributed by atoms with E-state index in [-0.39, 0.29) is 5.97 Å². The normalized spacial score (nSPS) is 11.8. The number of unbranched alkanes of at least 4 members (excludes halogenated alkanes) is 6. The van der Waals surface area contributed by atoms with Crippen molar-refractivity contribution in [1.29, 1.82) is 0 Å². The van der Waals surface area contributed by atoms with Gasteiger partial charge in [-0.3, -0.25) is 0 Å². The average Bonchev–Trinajstić information content (AvgIpc) is 2.53. The summed E-state index contributed by atoms with van der Waals surface area (Å²) < 4.78 is 9.79. The number of methoxy groups -OCH3 is 1. The fourth-order valence-corrected chi connectivity index (χ4v) is 2.49. The second-order valence-electron chi connectivity index (χ2n) is 5.26. The van der Waals surface area contributed by atoms with Crippen LogP contribution in [-0.4, -0.2) is 43.8 Å². The number of carbonyl (C=O) groups is 2. The first-order chi connectivity index (χ1) is 10.7. The molecule has 0 aromatic carbocycles. The third-order valence-corrected chi connectivity index (χ3v) is 4.01. The molecule has 0 rings (SSSR count). The molecule has 0 saturated heterocycles. The standard InChI is InChI=1S/C16H31NO4S/c1-4-5-6-7-8-9-10-12-21-15(18)14(11-13-22-3)17-16(19)20-2/h14H,4-13H2,1-3H3,(H,17,19)/t14-/m0/s1. The van der Waals surface area contributed by atoms with E-state index >= 15 is 0 Å². The number of esters is 1. The van der Waals surface area contributed by atoms with Gasteiger partial charge in [-0.25, -0.2) is 9.59 Å². The number of rotatable bonds is 13. The maximum Gasteiger partial charge on any atom is 0.407 e. The van der Waals surface area contributed by atoms with Gasteiger partial charge in [0.15, 0.2) is 0 Å². The van der Waals surface area contributed by atoms with Crippen LogP contribution < -0.4 is 5.32 Å². The minimum absolute atomic E-state index is 0.370. The second kappa shape index (κ2) is 15.0.